The van der Waals surface area contributed by atoms with E-state index < -0.39 is 42.4 Å². The predicted octanol–water partition coefficient (Wildman–Crippen LogP) is 2.33. The quantitative estimate of drug-likeness (QED) is 0.0859. The average Bonchev–Trinajstić information content (AvgIpc) is 3.05. The van der Waals surface area contributed by atoms with Crippen LogP contribution in [0.2, 0.25) is 0 Å². The van der Waals surface area contributed by atoms with Crippen LogP contribution in [-0.4, -0.2) is 90.5 Å². The summed E-state index contributed by atoms with van der Waals surface area (Å²) in [4.78, 5) is 64.2. The molecule has 3 atom stereocenters. The summed E-state index contributed by atoms with van der Waals surface area (Å²) in [5.74, 6) is -1.51. The van der Waals surface area contributed by atoms with Crippen molar-refractivity contribution in [3.8, 4) is 5.75 Å². The summed E-state index contributed by atoms with van der Waals surface area (Å²) in [6.45, 7) is 9.58. The number of hydrogen-bond acceptors (Lipinski definition) is 9. The summed E-state index contributed by atoms with van der Waals surface area (Å²) in [5.41, 5.74) is 12.8. The zero-order valence-electron chi connectivity index (χ0n) is 31.4. The minimum atomic E-state index is -0.939. The topological polar surface area (TPSA) is 220 Å². The smallest absolute Gasteiger partial charge is 0.305 e. The van der Waals surface area contributed by atoms with Crippen molar-refractivity contribution in [1.82, 2.24) is 21.3 Å². The summed E-state index contributed by atoms with van der Waals surface area (Å²) in [5, 5.41) is 20.9. The number of unbranched alkanes of at least 4 members (excludes halogenated alkanes) is 2. The van der Waals surface area contributed by atoms with Crippen molar-refractivity contribution in [3.05, 3.63) is 63.2 Å². The number of halogens is 1. The normalized spacial score (nSPS) is 12.2. The first-order valence-corrected chi connectivity index (χ1v) is 18.4. The second-order valence-corrected chi connectivity index (χ2v) is 13.8. The van der Waals surface area contributed by atoms with Crippen LogP contribution >= 0.6 is 24.2 Å². The van der Waals surface area contributed by atoms with E-state index in [4.69, 9.17) is 5.73 Å². The largest absolute Gasteiger partial charge is 0.508 e. The molecule has 0 aliphatic carbocycles. The Balaban J connectivity index is 0.0000130. The third kappa shape index (κ3) is 16.2. The first-order chi connectivity index (χ1) is 23.7. The molecule has 0 radical (unpaired) electrons. The first kappa shape index (κ1) is 48.1. The number of hydrogen-bond donors (Lipinski definition) is 6. The van der Waals surface area contributed by atoms with Gasteiger partial charge in [0.05, 0.1) is 19.7 Å². The molecule has 0 heterocycles. The van der Waals surface area contributed by atoms with E-state index in [2.05, 4.69) is 26.0 Å². The number of phenols is 1. The highest BCUT2D eigenvalue weighted by Gasteiger charge is 2.27. The lowest BCUT2D eigenvalue weighted by atomic mass is 9.94. The number of thioether (sulfide) groups is 1. The van der Waals surface area contributed by atoms with Crippen LogP contribution in [0, 0.1) is 34.6 Å². The van der Waals surface area contributed by atoms with Crippen LogP contribution in [0.5, 0.6) is 5.75 Å². The van der Waals surface area contributed by atoms with Gasteiger partial charge in [-0.3, -0.25) is 24.0 Å². The highest BCUT2D eigenvalue weighted by molar-refractivity contribution is 7.98. The van der Waals surface area contributed by atoms with Gasteiger partial charge < -0.3 is 42.3 Å². The summed E-state index contributed by atoms with van der Waals surface area (Å²) in [6, 6.07) is 4.52. The van der Waals surface area contributed by atoms with Crippen molar-refractivity contribution in [2.24, 2.45) is 5.73 Å². The SMILES string of the molecule is COC(=O)CCCCCNC(=O)C(Cc1c(C)cc(C)cc1C)NC(=O)CNC(=O)[C@@H](CCSC)NC(=O)[C@@H](N)Cc1c(C)cc(O)cc1C.Cl.O. The summed E-state index contributed by atoms with van der Waals surface area (Å²) in [6.07, 6.45) is 5.03. The zero-order chi connectivity index (χ0) is 37.4. The molecule has 0 fully saturated rings. The molecule has 0 saturated heterocycles. The van der Waals surface area contributed by atoms with Gasteiger partial charge in [0, 0.05) is 19.4 Å². The number of carbonyl (C=O) groups excluding carboxylic acids is 5. The van der Waals surface area contributed by atoms with Gasteiger partial charge in [0.2, 0.25) is 23.6 Å². The predicted molar refractivity (Wildman–Crippen MR) is 208 cm³/mol. The lowest BCUT2D eigenvalue weighted by Gasteiger charge is -2.23. The fourth-order valence-corrected chi connectivity index (χ4v) is 6.35. The number of carbonyl (C=O) groups is 5. The summed E-state index contributed by atoms with van der Waals surface area (Å²) in [7, 11) is 1.35. The van der Waals surface area contributed by atoms with Crippen molar-refractivity contribution in [2.75, 3.05) is 32.2 Å². The number of rotatable bonds is 20. The van der Waals surface area contributed by atoms with Gasteiger partial charge in [-0.2, -0.15) is 11.8 Å². The van der Waals surface area contributed by atoms with E-state index in [1.54, 1.807) is 12.1 Å². The maximum Gasteiger partial charge on any atom is 0.305 e. The molecular weight excluding hydrogens is 710 g/mol. The number of benzene rings is 2. The number of phenolic OH excluding ortho intramolecular Hbond substituents is 1. The molecule has 13 nitrogen and oxygen atoms in total. The molecule has 4 amide bonds. The van der Waals surface area contributed by atoms with Crippen molar-refractivity contribution in [2.45, 2.75) is 97.7 Å². The van der Waals surface area contributed by atoms with Crippen molar-refractivity contribution in [1.29, 1.82) is 0 Å². The Kier molecular flexibility index (Phi) is 22.6. The Bertz CT molecular complexity index is 1460. The molecule has 0 aliphatic heterocycles. The lowest BCUT2D eigenvalue weighted by Crippen LogP contribution is -2.54. The molecule has 9 N–H and O–H groups in total. The first-order valence-electron chi connectivity index (χ1n) is 17.0. The van der Waals surface area contributed by atoms with Gasteiger partial charge >= 0.3 is 5.97 Å². The number of ether oxygens (including phenoxy) is 1. The maximum absolute atomic E-state index is 13.3. The van der Waals surface area contributed by atoms with Crippen molar-refractivity contribution in [3.63, 3.8) is 0 Å². The molecule has 2 rings (SSSR count). The Morgan fingerprint density at radius 2 is 1.35 bits per heavy atom. The third-order valence-corrected chi connectivity index (χ3v) is 9.24. The summed E-state index contributed by atoms with van der Waals surface area (Å²) >= 11 is 1.51. The van der Waals surface area contributed by atoms with Crippen molar-refractivity contribution < 1.29 is 39.3 Å². The van der Waals surface area contributed by atoms with Gasteiger partial charge in [-0.25, -0.2) is 0 Å². The van der Waals surface area contributed by atoms with E-state index in [0.717, 1.165) is 45.4 Å². The average molecular weight is 768 g/mol. The van der Waals surface area contributed by atoms with Crippen LogP contribution in [0.4, 0.5) is 0 Å². The van der Waals surface area contributed by atoms with Crippen LogP contribution in [0.3, 0.4) is 0 Å². The van der Waals surface area contributed by atoms with Crippen LogP contribution in [0.1, 0.15) is 71.0 Å². The second-order valence-electron chi connectivity index (χ2n) is 12.8. The molecule has 1 unspecified atom stereocenters. The molecule has 15 heteroatoms. The van der Waals surface area contributed by atoms with E-state index in [0.29, 0.717) is 38.0 Å². The van der Waals surface area contributed by atoms with E-state index in [-0.39, 0.29) is 48.4 Å². The zero-order valence-corrected chi connectivity index (χ0v) is 33.0. The number of nitrogens with one attached hydrogen (secondary N) is 4. The van der Waals surface area contributed by atoms with Crippen LogP contribution in [-0.2, 0) is 41.6 Å². The molecule has 0 bridgehead atoms. The molecule has 0 aliphatic rings. The highest BCUT2D eigenvalue weighted by Crippen LogP contribution is 2.22. The molecule has 0 aromatic heterocycles. The Morgan fingerprint density at radius 3 is 1.92 bits per heavy atom. The second kappa shape index (κ2) is 24.4. The number of aromatic hydroxyl groups is 1. The number of nitrogens with two attached hydrogens (primary N) is 1. The van der Waals surface area contributed by atoms with E-state index in [1.165, 1.54) is 18.9 Å². The van der Waals surface area contributed by atoms with Crippen molar-refractivity contribution >= 4 is 53.8 Å². The number of aryl methyl sites for hydroxylation is 5. The molecule has 292 valence electrons. The molecule has 2 aromatic rings. The van der Waals surface area contributed by atoms with Crippen LogP contribution in [0.15, 0.2) is 24.3 Å². The molecule has 0 saturated carbocycles. The van der Waals surface area contributed by atoms with E-state index in [9.17, 15) is 29.1 Å². The van der Waals surface area contributed by atoms with Crippen LogP contribution < -0.4 is 27.0 Å². The Morgan fingerprint density at radius 1 is 0.788 bits per heavy atom. The Labute approximate surface area is 318 Å². The number of esters is 1. The maximum atomic E-state index is 13.3. The van der Waals surface area contributed by atoms with E-state index >= 15 is 0 Å². The molecule has 0 spiro atoms. The molecule has 52 heavy (non-hydrogen) atoms. The monoisotopic (exact) mass is 767 g/mol. The number of amides is 4. The van der Waals surface area contributed by atoms with Gasteiger partial charge in [0.1, 0.15) is 17.8 Å². The Hall–Kier alpha value is -3.85. The highest BCUT2D eigenvalue weighted by atomic mass is 35.5. The molecule has 2 aromatic carbocycles. The van der Waals surface area contributed by atoms with Crippen LogP contribution in [0.25, 0.3) is 0 Å². The fourth-order valence-electron chi connectivity index (χ4n) is 5.88. The number of methoxy groups -OCH3 is 1. The van der Waals surface area contributed by atoms with Gasteiger partial charge in [-0.15, -0.1) is 12.4 Å². The lowest BCUT2D eigenvalue weighted by molar-refractivity contribution is -0.140. The minimum Gasteiger partial charge on any atom is -0.508 e. The van der Waals surface area contributed by atoms with Gasteiger partial charge in [0.25, 0.3) is 0 Å². The standard InChI is InChI=1S/C37H55N5O7S.ClH.H2O/c1-22-15-23(2)29(24(3)16-22)20-32(37(48)39-13-10-8-9-11-34(45)49-6)41-33(44)21-40-36(47)31(12-14-50-7)42-35(46)30(38)19-28-25(4)17-27(43)18-26(28)5;;/h15-18,30-32,43H,8-14,19-21,38H2,1-7H3,(H,39,48)(H,40,47)(H,41,44)(H,42,46);1H;1H2/t30-,31+,32?;;/m0../s1. The minimum absolute atomic E-state index is 0. The summed E-state index contributed by atoms with van der Waals surface area (Å²) < 4.78 is 4.66. The van der Waals surface area contributed by atoms with E-state index in [1.807, 2.05) is 53.0 Å². The van der Waals surface area contributed by atoms with Gasteiger partial charge in [-0.05, 0) is 118 Å². The third-order valence-electron chi connectivity index (χ3n) is 8.59. The fraction of sp³-hybridized carbons (Fsp3) is 0.541. The molecular formula is C37H58ClN5O8S. The van der Waals surface area contributed by atoms with Gasteiger partial charge in [-0.1, -0.05) is 24.1 Å². The van der Waals surface area contributed by atoms with Gasteiger partial charge in [0.15, 0.2) is 0 Å².